The molecule has 0 aromatic carbocycles. The largest absolute Gasteiger partial charge is 0.490 e. The summed E-state index contributed by atoms with van der Waals surface area (Å²) in [6.45, 7) is -2.39. The number of aryl methyl sites for hydroxylation is 1. The van der Waals surface area contributed by atoms with Crippen LogP contribution in [0.1, 0.15) is 25.6 Å². The highest BCUT2D eigenvalue weighted by Gasteiger charge is 2.54. The van der Waals surface area contributed by atoms with Gasteiger partial charge in [-0.1, -0.05) is 0 Å². The third kappa shape index (κ3) is 12.5. The zero-order valence-corrected chi connectivity index (χ0v) is 43.7. The molecule has 8 heterocycles. The molecule has 3 fully saturated rings. The van der Waals surface area contributed by atoms with Gasteiger partial charge in [0.15, 0.2) is 23.9 Å². The molecule has 3 aliphatic heterocycles. The molecule has 42 heteroatoms. The third-order valence-corrected chi connectivity index (χ3v) is 17.4. The van der Waals surface area contributed by atoms with Gasteiger partial charge in [0, 0.05) is 45.8 Å². The molecule has 3 aliphatic rings. The molecule has 0 aliphatic carbocycles. The molecular formula is C35H50N13O25P4+. The van der Waals surface area contributed by atoms with Crippen LogP contribution in [0.25, 0.3) is 22.3 Å². The lowest BCUT2D eigenvalue weighted by Gasteiger charge is -2.26. The van der Waals surface area contributed by atoms with E-state index in [1.807, 2.05) is 4.98 Å². The summed E-state index contributed by atoms with van der Waals surface area (Å²) in [5.41, 5.74) is 9.19. The zero-order chi connectivity index (χ0) is 56.3. The van der Waals surface area contributed by atoms with Gasteiger partial charge in [-0.05, 0) is 0 Å². The number of phosphoric acid groups is 4. The number of aromatic amines is 2. The number of hydrogen-bond donors (Lipinski definition) is 11. The molecule has 0 radical (unpaired) electrons. The molecule has 5 aromatic rings. The molecule has 5 unspecified atom stereocenters. The summed E-state index contributed by atoms with van der Waals surface area (Å²) in [4.78, 5) is 113. The van der Waals surface area contributed by atoms with Crippen LogP contribution in [0.4, 0.5) is 11.8 Å². The summed E-state index contributed by atoms with van der Waals surface area (Å²) in [6, 6.07) is 0.921. The fourth-order valence-electron chi connectivity index (χ4n) is 8.55. The van der Waals surface area contributed by atoms with Gasteiger partial charge in [-0.25, -0.2) is 42.6 Å². The molecule has 0 bridgehead atoms. The van der Waals surface area contributed by atoms with Crippen molar-refractivity contribution < 1.29 is 108 Å². The average Bonchev–Trinajstić information content (AvgIpc) is 4.13. The van der Waals surface area contributed by atoms with Crippen molar-refractivity contribution in [1.82, 2.24) is 48.5 Å². The van der Waals surface area contributed by atoms with Crippen molar-refractivity contribution in [2.75, 3.05) is 52.0 Å². The van der Waals surface area contributed by atoms with E-state index in [9.17, 15) is 72.3 Å². The predicted octanol–water partition coefficient (Wildman–Crippen LogP) is -4.14. The third-order valence-electron chi connectivity index (χ3n) is 12.2. The Bertz CT molecular complexity index is 3410. The van der Waals surface area contributed by atoms with Crippen LogP contribution < -0.4 is 32.8 Å². The second-order valence-electron chi connectivity index (χ2n) is 17.3. The summed E-state index contributed by atoms with van der Waals surface area (Å²) >= 11 is 0. The molecule has 5 aromatic heterocycles. The normalized spacial score (nSPS) is 29.8. The summed E-state index contributed by atoms with van der Waals surface area (Å²) < 4.78 is 110. The maximum absolute atomic E-state index is 13.6. The number of aromatic nitrogens is 10. The number of anilines is 2. The lowest BCUT2D eigenvalue weighted by atomic mass is 9.97. The van der Waals surface area contributed by atoms with E-state index in [0.29, 0.717) is 0 Å². The van der Waals surface area contributed by atoms with E-state index < -0.39 is 147 Å². The number of carbonyl (C=O) groups is 1. The van der Waals surface area contributed by atoms with E-state index in [1.54, 1.807) is 0 Å². The van der Waals surface area contributed by atoms with Crippen LogP contribution in [0, 0.1) is 5.92 Å². The van der Waals surface area contributed by atoms with Crippen molar-refractivity contribution in [3.05, 3.63) is 62.4 Å². The minimum Gasteiger partial charge on any atom is -0.387 e. The monoisotopic (exact) mass is 1180 g/mol. The Balaban J connectivity index is 0.951. The van der Waals surface area contributed by atoms with Crippen molar-refractivity contribution >= 4 is 71.3 Å². The molecule has 3 saturated heterocycles. The van der Waals surface area contributed by atoms with Gasteiger partial charge < -0.3 is 70.2 Å². The van der Waals surface area contributed by atoms with Gasteiger partial charge in [-0.15, -0.1) is 0 Å². The van der Waals surface area contributed by atoms with E-state index in [4.69, 9.17) is 48.5 Å². The number of hydrogen-bond acceptors (Lipinski definition) is 27. The van der Waals surface area contributed by atoms with Crippen LogP contribution in [-0.2, 0) is 75.8 Å². The number of nitrogens with one attached hydrogen (secondary N) is 2. The highest BCUT2D eigenvalue weighted by molar-refractivity contribution is 7.66. The summed E-state index contributed by atoms with van der Waals surface area (Å²) in [5.74, 6) is -2.01. The van der Waals surface area contributed by atoms with E-state index in [2.05, 4.69) is 33.5 Å². The van der Waals surface area contributed by atoms with E-state index in [-0.39, 0.29) is 40.6 Å². The predicted molar refractivity (Wildman–Crippen MR) is 249 cm³/mol. The van der Waals surface area contributed by atoms with Crippen molar-refractivity contribution in [3.8, 4) is 0 Å². The summed E-state index contributed by atoms with van der Waals surface area (Å²) in [5, 5.41) is 32.8. The Labute approximate surface area is 429 Å². The van der Waals surface area contributed by atoms with Gasteiger partial charge in [-0.2, -0.15) is 18.2 Å². The number of phosphoric ester groups is 3. The van der Waals surface area contributed by atoms with E-state index in [0.717, 1.165) is 41.5 Å². The number of fused-ring (bicyclic) bond motifs is 2. The number of nitrogens with zero attached hydrogens (tertiary/aromatic N) is 9. The molecule has 8 rings (SSSR count). The van der Waals surface area contributed by atoms with E-state index >= 15 is 0 Å². The SMILES string of the molecule is CO[C@@H]1[C@H](OP(=O)(O)OC[C@H]2O[C@@H](n3ccc(=O)[nH]c3=O)[C@H](O)[C@@H]2O)C(COP(=O)(O)OP(=O)(O)OP(=O)(O)OC[C@H]2O[C@@H](n3c[n+](C)c4c(=O)[nH]c(N)nc43)[C@H](O)[C@@H]2CN(C)C(C)=O)O[C@H]1n1cnc2c(N)ncnc21. The van der Waals surface area contributed by atoms with Crippen molar-refractivity contribution in [1.29, 1.82) is 0 Å². The first-order chi connectivity index (χ1) is 36.0. The zero-order valence-electron chi connectivity index (χ0n) is 40.1. The standard InChI is InChI=1S/C35H49N13O25P4/c1-14(49)44(2)7-15-16(68-31(22(15)51)48-13-45(3)21-29(48)42-34(37)43-30(21)54)8-66-75(58,59)72-77(62,63)73-76(60,61)67-10-18-25(26(64-4)33(70-18)47-12-40-20-27(36)38-11-39-28(20)47)71-74(56,57)65-9-17-23(52)24(53)32(69-17)46-6-5-19(50)41-35(46)55/h5-6,11-13,15-18,22-26,31-33,51-53H,7-10H2,1-4H3,(H9-,36,37,38,39,41,42,43,50,54,55,56,57,58,59,60,61,62,63)/p+1/t15-,16-,17-,18?,22-,23-,24-,25-,26-,31-,32-,33-/m1/s1. The fourth-order valence-corrected chi connectivity index (χ4v) is 13.0. The minimum atomic E-state index is -6.23. The van der Waals surface area contributed by atoms with Gasteiger partial charge in [0.1, 0.15) is 54.6 Å². The number of nitrogen functional groups attached to an aromatic ring is 2. The Hall–Kier alpha value is -5.11. The van der Waals surface area contributed by atoms with Crippen LogP contribution in [0.5, 0.6) is 0 Å². The number of amides is 1. The van der Waals surface area contributed by atoms with Crippen LogP contribution in [-0.4, -0.2) is 179 Å². The number of carbonyl (C=O) groups excluding carboxylic acids is 1. The minimum absolute atomic E-state index is 0.000211. The smallest absolute Gasteiger partial charge is 0.387 e. The van der Waals surface area contributed by atoms with Crippen LogP contribution in [0.2, 0.25) is 0 Å². The second kappa shape index (κ2) is 22.2. The molecule has 424 valence electrons. The lowest BCUT2D eigenvalue weighted by molar-refractivity contribution is -0.646. The molecule has 16 atom stereocenters. The first-order valence-electron chi connectivity index (χ1n) is 22.1. The Morgan fingerprint density at radius 1 is 0.779 bits per heavy atom. The molecule has 13 N–H and O–H groups in total. The summed E-state index contributed by atoms with van der Waals surface area (Å²) in [6.07, 6.45) is -13.7. The van der Waals surface area contributed by atoms with Gasteiger partial charge in [-0.3, -0.25) is 51.6 Å². The maximum Gasteiger partial charge on any atom is 0.490 e. The average molecular weight is 1180 g/mol. The molecule has 1 amide bonds. The number of nitrogens with two attached hydrogens (primary N) is 2. The summed E-state index contributed by atoms with van der Waals surface area (Å²) in [7, 11) is -19.6. The number of H-pyrrole nitrogens is 2. The van der Waals surface area contributed by atoms with Gasteiger partial charge in [0.2, 0.25) is 24.4 Å². The number of aliphatic hydroxyl groups excluding tert-OH is 3. The number of rotatable bonds is 21. The molecule has 0 saturated carbocycles. The van der Waals surface area contributed by atoms with Gasteiger partial charge in [0.25, 0.3) is 16.7 Å². The van der Waals surface area contributed by atoms with Gasteiger partial charge >= 0.3 is 42.5 Å². The Kier molecular flexibility index (Phi) is 16.7. The van der Waals surface area contributed by atoms with E-state index in [1.165, 1.54) is 41.0 Å². The quantitative estimate of drug-likeness (QED) is 0.0245. The fraction of sp³-hybridized carbons (Fsp3) is 0.571. The highest BCUT2D eigenvalue weighted by atomic mass is 31.3. The second-order valence-corrected chi connectivity index (χ2v) is 23.3. The first kappa shape index (κ1) is 58.0. The Morgan fingerprint density at radius 2 is 1.39 bits per heavy atom. The Morgan fingerprint density at radius 3 is 2.04 bits per heavy atom. The number of methoxy groups -OCH3 is 1. The van der Waals surface area contributed by atoms with Gasteiger partial charge in [0.05, 0.1) is 39.3 Å². The van der Waals surface area contributed by atoms with Crippen LogP contribution in [0.15, 0.2) is 45.6 Å². The maximum atomic E-state index is 13.6. The molecule has 77 heavy (non-hydrogen) atoms. The van der Waals surface area contributed by atoms with Crippen LogP contribution in [0.3, 0.4) is 0 Å². The number of ether oxygens (including phenoxy) is 4. The molecule has 0 spiro atoms. The lowest BCUT2D eigenvalue weighted by Crippen LogP contribution is -2.39. The number of aliphatic hydroxyl groups is 3. The first-order valence-corrected chi connectivity index (χ1v) is 28.1. The van der Waals surface area contributed by atoms with Crippen molar-refractivity contribution in [2.45, 2.75) is 74.4 Å². The van der Waals surface area contributed by atoms with Crippen molar-refractivity contribution in [2.24, 2.45) is 13.0 Å². The topological polar surface area (TPSA) is 528 Å². The molecule has 38 nitrogen and oxygen atoms in total. The van der Waals surface area contributed by atoms with Crippen molar-refractivity contribution in [3.63, 3.8) is 0 Å². The number of imidazole rings is 2. The molecular weight excluding hydrogens is 1130 g/mol. The highest BCUT2D eigenvalue weighted by Crippen LogP contribution is 2.68. The van der Waals surface area contributed by atoms with Crippen LogP contribution >= 0.6 is 31.3 Å².